The summed E-state index contributed by atoms with van der Waals surface area (Å²) < 4.78 is 5.24. The van der Waals surface area contributed by atoms with Gasteiger partial charge in [-0.2, -0.15) is 0 Å². The highest BCUT2D eigenvalue weighted by Gasteiger charge is 2.43. The third-order valence-electron chi connectivity index (χ3n) is 4.41. The Balaban J connectivity index is 1.86. The number of benzene rings is 2. The Kier molecular flexibility index (Phi) is 3.62. The minimum atomic E-state index is -0.372. The van der Waals surface area contributed by atoms with E-state index in [-0.39, 0.29) is 30.8 Å². The fraction of sp³-hybridized carbons (Fsp3) is 0.158. The largest absolute Gasteiger partial charge is 0.456 e. The second-order valence-electron chi connectivity index (χ2n) is 5.78. The molecule has 2 aromatic rings. The topological polar surface area (TPSA) is 46.6 Å². The van der Waals surface area contributed by atoms with E-state index in [1.54, 1.807) is 11.0 Å². The van der Waals surface area contributed by atoms with Crippen LogP contribution in [0.25, 0.3) is 0 Å². The van der Waals surface area contributed by atoms with Crippen molar-refractivity contribution >= 4 is 29.2 Å². The molecule has 4 rings (SSSR count). The molecule has 0 aromatic heterocycles. The molecular formula is C19H14ClNO3. The molecule has 4 nitrogen and oxygen atoms in total. The first-order valence-electron chi connectivity index (χ1n) is 7.69. The van der Waals surface area contributed by atoms with Gasteiger partial charge in [-0.05, 0) is 23.8 Å². The number of hydrogen-bond donors (Lipinski definition) is 0. The second kappa shape index (κ2) is 5.80. The average molecular weight is 340 g/mol. The van der Waals surface area contributed by atoms with Crippen LogP contribution >= 0.6 is 11.6 Å². The Morgan fingerprint density at radius 2 is 1.71 bits per heavy atom. The van der Waals surface area contributed by atoms with E-state index < -0.39 is 0 Å². The Labute approximate surface area is 144 Å². The molecule has 0 spiro atoms. The van der Waals surface area contributed by atoms with E-state index in [1.165, 1.54) is 0 Å². The first-order chi connectivity index (χ1) is 11.7. The van der Waals surface area contributed by atoms with Crippen LogP contribution in [0, 0.1) is 0 Å². The molecule has 0 bridgehead atoms. The number of carbonyl (C=O) groups excluding carboxylic acids is 2. The summed E-state index contributed by atoms with van der Waals surface area (Å²) in [6, 6.07) is 16.6. The summed E-state index contributed by atoms with van der Waals surface area (Å²) in [5, 5.41) is 0.551. The predicted molar refractivity (Wildman–Crippen MR) is 90.7 cm³/mol. The van der Waals surface area contributed by atoms with Crippen molar-refractivity contribution in [2.45, 2.75) is 12.3 Å². The average Bonchev–Trinajstić information content (AvgIpc) is 2.97. The van der Waals surface area contributed by atoms with Gasteiger partial charge in [-0.15, -0.1) is 0 Å². The number of halogens is 1. The molecule has 0 radical (unpaired) electrons. The number of anilines is 1. The minimum absolute atomic E-state index is 0.0665. The molecule has 0 saturated heterocycles. The number of nitrogens with zero attached hydrogens (tertiary/aromatic N) is 1. The molecule has 1 unspecified atom stereocenters. The van der Waals surface area contributed by atoms with Crippen LogP contribution in [0.4, 0.5) is 5.69 Å². The molecule has 0 fully saturated rings. The standard InChI is InChI=1S/C19H14ClNO3/c20-15-9-5-4-8-13(15)14-10-17(22)21(12-6-2-1-3-7-12)16-11-24-19(23)18(14)16/h1-9,14H,10-11H2. The van der Waals surface area contributed by atoms with Gasteiger partial charge in [0.1, 0.15) is 6.61 Å². The fourth-order valence-electron chi connectivity index (χ4n) is 3.35. The van der Waals surface area contributed by atoms with Crippen molar-refractivity contribution in [3.05, 3.63) is 76.5 Å². The van der Waals surface area contributed by atoms with Crippen LogP contribution < -0.4 is 4.90 Å². The smallest absolute Gasteiger partial charge is 0.336 e. The lowest BCUT2D eigenvalue weighted by molar-refractivity contribution is -0.136. The van der Waals surface area contributed by atoms with Crippen molar-refractivity contribution in [3.63, 3.8) is 0 Å². The Hall–Kier alpha value is -2.59. The van der Waals surface area contributed by atoms with Gasteiger partial charge in [0, 0.05) is 23.0 Å². The SMILES string of the molecule is O=C1OCC2=C1C(c1ccccc1Cl)CC(=O)N2c1ccccc1. The molecule has 5 heteroatoms. The Morgan fingerprint density at radius 3 is 2.46 bits per heavy atom. The summed E-state index contributed by atoms with van der Waals surface area (Å²) in [6.45, 7) is 0.107. The van der Waals surface area contributed by atoms with Crippen molar-refractivity contribution in [1.29, 1.82) is 0 Å². The lowest BCUT2D eigenvalue weighted by Crippen LogP contribution is -2.37. The van der Waals surface area contributed by atoms with E-state index in [0.29, 0.717) is 16.3 Å². The second-order valence-corrected chi connectivity index (χ2v) is 6.19. The van der Waals surface area contributed by atoms with E-state index >= 15 is 0 Å². The molecular weight excluding hydrogens is 326 g/mol. The van der Waals surface area contributed by atoms with Crippen LogP contribution in [0.3, 0.4) is 0 Å². The quantitative estimate of drug-likeness (QED) is 0.784. The highest BCUT2D eigenvalue weighted by molar-refractivity contribution is 6.31. The first kappa shape index (κ1) is 15.0. The third kappa shape index (κ3) is 2.31. The van der Waals surface area contributed by atoms with Gasteiger partial charge in [0.25, 0.3) is 0 Å². The summed E-state index contributed by atoms with van der Waals surface area (Å²) in [5.74, 6) is -0.803. The number of cyclic esters (lactones) is 1. The maximum Gasteiger partial charge on any atom is 0.336 e. The van der Waals surface area contributed by atoms with Crippen LogP contribution in [0.2, 0.25) is 5.02 Å². The summed E-state index contributed by atoms with van der Waals surface area (Å²) in [5.41, 5.74) is 2.68. The lowest BCUT2D eigenvalue weighted by atomic mass is 9.84. The summed E-state index contributed by atoms with van der Waals surface area (Å²) in [4.78, 5) is 26.7. The number of esters is 1. The zero-order valence-corrected chi connectivity index (χ0v) is 13.5. The molecule has 1 atom stereocenters. The van der Waals surface area contributed by atoms with E-state index in [2.05, 4.69) is 0 Å². The molecule has 24 heavy (non-hydrogen) atoms. The molecule has 0 N–H and O–H groups in total. The van der Waals surface area contributed by atoms with Gasteiger partial charge in [0.15, 0.2) is 0 Å². The molecule has 2 heterocycles. The maximum absolute atomic E-state index is 12.8. The van der Waals surface area contributed by atoms with Crippen molar-refractivity contribution in [2.24, 2.45) is 0 Å². The summed E-state index contributed by atoms with van der Waals surface area (Å²) in [6.07, 6.45) is 0.187. The molecule has 0 saturated carbocycles. The molecule has 120 valence electrons. The van der Waals surface area contributed by atoms with E-state index in [1.807, 2.05) is 48.5 Å². The van der Waals surface area contributed by atoms with Gasteiger partial charge in [-0.3, -0.25) is 9.69 Å². The molecule has 1 amide bonds. The van der Waals surface area contributed by atoms with Crippen molar-refractivity contribution < 1.29 is 14.3 Å². The molecule has 2 aliphatic rings. The monoisotopic (exact) mass is 339 g/mol. The van der Waals surface area contributed by atoms with Crippen molar-refractivity contribution in [1.82, 2.24) is 0 Å². The van der Waals surface area contributed by atoms with Crippen LogP contribution in [0.1, 0.15) is 17.9 Å². The van der Waals surface area contributed by atoms with Crippen LogP contribution in [0.15, 0.2) is 65.9 Å². The highest BCUT2D eigenvalue weighted by atomic mass is 35.5. The summed E-state index contributed by atoms with van der Waals surface area (Å²) in [7, 11) is 0. The third-order valence-corrected chi connectivity index (χ3v) is 4.76. The molecule has 2 aliphatic heterocycles. The number of rotatable bonds is 2. The number of ether oxygens (including phenoxy) is 1. The zero-order valence-electron chi connectivity index (χ0n) is 12.7. The van der Waals surface area contributed by atoms with Gasteiger partial charge >= 0.3 is 5.97 Å². The van der Waals surface area contributed by atoms with Gasteiger partial charge in [0.2, 0.25) is 5.91 Å². The minimum Gasteiger partial charge on any atom is -0.456 e. The Morgan fingerprint density at radius 1 is 1.00 bits per heavy atom. The number of para-hydroxylation sites is 1. The van der Waals surface area contributed by atoms with Crippen LogP contribution in [0.5, 0.6) is 0 Å². The number of hydrogen-bond acceptors (Lipinski definition) is 3. The van der Waals surface area contributed by atoms with Crippen molar-refractivity contribution in [2.75, 3.05) is 11.5 Å². The molecule has 0 aliphatic carbocycles. The van der Waals surface area contributed by atoms with E-state index in [0.717, 1.165) is 11.3 Å². The van der Waals surface area contributed by atoms with Gasteiger partial charge in [-0.1, -0.05) is 48.0 Å². The van der Waals surface area contributed by atoms with Gasteiger partial charge < -0.3 is 4.74 Å². The maximum atomic E-state index is 12.8. The highest BCUT2D eigenvalue weighted by Crippen LogP contribution is 2.43. The lowest BCUT2D eigenvalue weighted by Gasteiger charge is -2.32. The normalized spacial score (nSPS) is 20.2. The molecule has 2 aromatic carbocycles. The number of amides is 1. The Bertz CT molecular complexity index is 860. The first-order valence-corrected chi connectivity index (χ1v) is 8.07. The summed E-state index contributed by atoms with van der Waals surface area (Å²) >= 11 is 6.30. The van der Waals surface area contributed by atoms with Crippen LogP contribution in [-0.2, 0) is 14.3 Å². The van der Waals surface area contributed by atoms with Crippen LogP contribution in [-0.4, -0.2) is 18.5 Å². The van der Waals surface area contributed by atoms with E-state index in [9.17, 15) is 9.59 Å². The van der Waals surface area contributed by atoms with Crippen molar-refractivity contribution in [3.8, 4) is 0 Å². The predicted octanol–water partition coefficient (Wildman–Crippen LogP) is 3.67. The van der Waals surface area contributed by atoms with Gasteiger partial charge in [0.05, 0.1) is 11.3 Å². The zero-order chi connectivity index (χ0) is 16.7. The van der Waals surface area contributed by atoms with Gasteiger partial charge in [-0.25, -0.2) is 4.79 Å². The van der Waals surface area contributed by atoms with E-state index in [4.69, 9.17) is 16.3 Å². The number of carbonyl (C=O) groups is 2. The fourth-order valence-corrected chi connectivity index (χ4v) is 3.62.